The van der Waals surface area contributed by atoms with Crippen molar-refractivity contribution in [2.45, 2.75) is 53.9 Å². The van der Waals surface area contributed by atoms with Crippen molar-refractivity contribution >= 4 is 17.5 Å². The monoisotopic (exact) mass is 476 g/mol. The summed E-state index contributed by atoms with van der Waals surface area (Å²) in [7, 11) is 3.36. The van der Waals surface area contributed by atoms with Gasteiger partial charge in [0, 0.05) is 25.9 Å². The van der Waals surface area contributed by atoms with E-state index in [0.29, 0.717) is 11.4 Å². The molecule has 0 atom stereocenters. The van der Waals surface area contributed by atoms with Crippen LogP contribution in [-0.2, 0) is 9.59 Å². The van der Waals surface area contributed by atoms with Crippen molar-refractivity contribution in [1.29, 1.82) is 0 Å². The summed E-state index contributed by atoms with van der Waals surface area (Å²) >= 11 is 0. The summed E-state index contributed by atoms with van der Waals surface area (Å²) in [6.45, 7) is 10.9. The van der Waals surface area contributed by atoms with Gasteiger partial charge in [0.05, 0.1) is 0 Å². The second-order valence-electron chi connectivity index (χ2n) is 10.0. The van der Waals surface area contributed by atoms with E-state index < -0.39 is 0 Å². The number of hydrogen-bond donors (Lipinski definition) is 1. The first-order chi connectivity index (χ1) is 16.5. The van der Waals surface area contributed by atoms with Crippen LogP contribution in [0.4, 0.5) is 5.69 Å². The minimum absolute atomic E-state index is 0.0217. The smallest absolute Gasteiger partial charge is 0.259 e. The van der Waals surface area contributed by atoms with Crippen LogP contribution < -0.4 is 10.1 Å². The van der Waals surface area contributed by atoms with Gasteiger partial charge in [0.25, 0.3) is 5.91 Å². The summed E-state index contributed by atoms with van der Waals surface area (Å²) in [5, 5.41) is 2.84. The molecular formula is C30H40N2O3. The Kier molecular flexibility index (Phi) is 10.3. The van der Waals surface area contributed by atoms with Crippen LogP contribution in [0.25, 0.3) is 0 Å². The van der Waals surface area contributed by atoms with Crippen molar-refractivity contribution in [2.75, 3.05) is 26.0 Å². The molecule has 0 aromatic heterocycles. The molecule has 0 radical (unpaired) electrons. The maximum atomic E-state index is 12.3. The second kappa shape index (κ2) is 12.9. The lowest BCUT2D eigenvalue weighted by atomic mass is 9.72. The SMILES string of the molecule is CC1=C(/C=C/C(C)=C/C=C/C(C)=C/C(=O)Nc2ccc(OCC(=O)N(C)C)cc2)C(C)(C)CCC1. The molecule has 1 aliphatic rings. The number of benzene rings is 1. The number of hydrogen-bond acceptors (Lipinski definition) is 3. The quantitative estimate of drug-likeness (QED) is 0.322. The molecule has 0 unspecified atom stereocenters. The van der Waals surface area contributed by atoms with E-state index >= 15 is 0 Å². The van der Waals surface area contributed by atoms with Crippen molar-refractivity contribution in [3.8, 4) is 5.75 Å². The number of ether oxygens (including phenoxy) is 1. The minimum atomic E-state index is -0.203. The maximum absolute atomic E-state index is 12.3. The molecule has 1 aliphatic carbocycles. The van der Waals surface area contributed by atoms with Crippen molar-refractivity contribution in [2.24, 2.45) is 5.41 Å². The number of amides is 2. The molecule has 1 N–H and O–H groups in total. The molecule has 0 bridgehead atoms. The van der Waals surface area contributed by atoms with Crippen LogP contribution in [0.15, 0.2) is 83.0 Å². The minimum Gasteiger partial charge on any atom is -0.484 e. The van der Waals surface area contributed by atoms with Crippen molar-refractivity contribution < 1.29 is 14.3 Å². The molecule has 5 nitrogen and oxygen atoms in total. The van der Waals surface area contributed by atoms with Crippen molar-refractivity contribution in [3.63, 3.8) is 0 Å². The Hall–Kier alpha value is -3.34. The van der Waals surface area contributed by atoms with Crippen LogP contribution >= 0.6 is 0 Å². The molecule has 2 rings (SSSR count). The van der Waals surface area contributed by atoms with E-state index in [-0.39, 0.29) is 23.8 Å². The summed E-state index contributed by atoms with van der Waals surface area (Å²) in [5.41, 5.74) is 5.85. The number of nitrogens with zero attached hydrogens (tertiary/aromatic N) is 1. The molecule has 5 heteroatoms. The fraction of sp³-hybridized carbons (Fsp3) is 0.400. The Labute approximate surface area is 210 Å². The summed E-state index contributed by atoms with van der Waals surface area (Å²) in [5.74, 6) is 0.256. The van der Waals surface area contributed by atoms with Crippen LogP contribution in [0, 0.1) is 5.41 Å². The Morgan fingerprint density at radius 2 is 1.77 bits per heavy atom. The molecule has 1 aromatic carbocycles. The topological polar surface area (TPSA) is 58.6 Å². The van der Waals surface area contributed by atoms with E-state index in [0.717, 1.165) is 11.1 Å². The molecule has 0 spiro atoms. The fourth-order valence-corrected chi connectivity index (χ4v) is 3.97. The van der Waals surface area contributed by atoms with E-state index in [4.69, 9.17) is 4.74 Å². The molecule has 0 aliphatic heterocycles. The second-order valence-corrected chi connectivity index (χ2v) is 10.0. The standard InChI is InChI=1S/C30H40N2O3/c1-22(13-18-27-24(3)12-9-19-30(27,4)5)10-8-11-23(2)20-28(33)31-25-14-16-26(17-15-25)35-21-29(34)32(6)7/h8,10-11,13-18,20H,9,12,19,21H2,1-7H3,(H,31,33)/b11-8+,18-13+,22-10+,23-20+. The van der Waals surface area contributed by atoms with Crippen LogP contribution in [0.2, 0.25) is 0 Å². The van der Waals surface area contributed by atoms with Gasteiger partial charge in [-0.3, -0.25) is 9.59 Å². The van der Waals surface area contributed by atoms with Crippen LogP contribution in [0.5, 0.6) is 5.75 Å². The first-order valence-corrected chi connectivity index (χ1v) is 12.1. The summed E-state index contributed by atoms with van der Waals surface area (Å²) in [6, 6.07) is 6.94. The molecule has 0 fully saturated rings. The van der Waals surface area contributed by atoms with Gasteiger partial charge in [0.2, 0.25) is 5.91 Å². The number of likely N-dealkylation sites (N-methyl/N-ethyl adjacent to an activating group) is 1. The van der Waals surface area contributed by atoms with Gasteiger partial charge in [-0.05, 0) is 80.9 Å². The summed E-state index contributed by atoms with van der Waals surface area (Å²) < 4.78 is 5.45. The Bertz CT molecular complexity index is 1050. The molecule has 35 heavy (non-hydrogen) atoms. The zero-order valence-corrected chi connectivity index (χ0v) is 22.3. The Morgan fingerprint density at radius 1 is 1.09 bits per heavy atom. The van der Waals surface area contributed by atoms with E-state index in [1.807, 2.05) is 19.1 Å². The summed E-state index contributed by atoms with van der Waals surface area (Å²) in [4.78, 5) is 25.4. The van der Waals surface area contributed by atoms with Gasteiger partial charge in [0.1, 0.15) is 5.75 Å². The van der Waals surface area contributed by atoms with Gasteiger partial charge in [-0.15, -0.1) is 0 Å². The third kappa shape index (κ3) is 9.44. The van der Waals surface area contributed by atoms with Gasteiger partial charge in [-0.2, -0.15) is 0 Å². The van der Waals surface area contributed by atoms with Crippen molar-refractivity contribution in [3.05, 3.63) is 83.0 Å². The Morgan fingerprint density at radius 3 is 2.40 bits per heavy atom. The lowest BCUT2D eigenvalue weighted by Gasteiger charge is -2.32. The van der Waals surface area contributed by atoms with E-state index in [1.165, 1.54) is 35.3 Å². The first kappa shape index (κ1) is 27.9. The number of rotatable bonds is 9. The maximum Gasteiger partial charge on any atom is 0.259 e. The molecule has 0 saturated carbocycles. The van der Waals surface area contributed by atoms with Crippen LogP contribution in [-0.4, -0.2) is 37.4 Å². The predicted molar refractivity (Wildman–Crippen MR) is 145 cm³/mol. The molecular weight excluding hydrogens is 436 g/mol. The molecule has 2 amide bonds. The zero-order valence-electron chi connectivity index (χ0n) is 22.3. The third-order valence-electron chi connectivity index (χ3n) is 6.12. The number of nitrogens with one attached hydrogen (secondary N) is 1. The third-order valence-corrected chi connectivity index (χ3v) is 6.12. The van der Waals surface area contributed by atoms with Gasteiger partial charge in [-0.25, -0.2) is 0 Å². The number of allylic oxidation sites excluding steroid dienone is 9. The van der Waals surface area contributed by atoms with Crippen LogP contribution in [0.3, 0.4) is 0 Å². The highest BCUT2D eigenvalue weighted by atomic mass is 16.5. The normalized spacial score (nSPS) is 16.7. The van der Waals surface area contributed by atoms with E-state index in [2.05, 4.69) is 51.2 Å². The first-order valence-electron chi connectivity index (χ1n) is 12.1. The number of carbonyl (C=O) groups is 2. The lowest BCUT2D eigenvalue weighted by Crippen LogP contribution is -2.27. The lowest BCUT2D eigenvalue weighted by molar-refractivity contribution is -0.130. The zero-order chi connectivity index (χ0) is 26.0. The Balaban J connectivity index is 1.89. The van der Waals surface area contributed by atoms with Gasteiger partial charge in [-0.1, -0.05) is 55.4 Å². The predicted octanol–water partition coefficient (Wildman–Crippen LogP) is 6.62. The highest BCUT2D eigenvalue weighted by Gasteiger charge is 2.26. The van der Waals surface area contributed by atoms with Crippen LogP contribution in [0.1, 0.15) is 53.9 Å². The number of carbonyl (C=O) groups excluding carboxylic acids is 2. The van der Waals surface area contributed by atoms with Gasteiger partial charge < -0.3 is 15.0 Å². The average Bonchev–Trinajstić information content (AvgIpc) is 2.77. The molecule has 188 valence electrons. The summed E-state index contributed by atoms with van der Waals surface area (Å²) in [6.07, 6.45) is 15.6. The molecule has 1 aromatic rings. The molecule has 0 heterocycles. The fourth-order valence-electron chi connectivity index (χ4n) is 3.97. The average molecular weight is 477 g/mol. The van der Waals surface area contributed by atoms with E-state index in [1.54, 1.807) is 44.4 Å². The molecule has 0 saturated heterocycles. The van der Waals surface area contributed by atoms with E-state index in [9.17, 15) is 9.59 Å². The highest BCUT2D eigenvalue weighted by molar-refractivity contribution is 6.00. The van der Waals surface area contributed by atoms with Gasteiger partial charge in [0.15, 0.2) is 6.61 Å². The van der Waals surface area contributed by atoms with Gasteiger partial charge >= 0.3 is 0 Å². The highest BCUT2D eigenvalue weighted by Crippen LogP contribution is 2.40. The number of anilines is 1. The largest absolute Gasteiger partial charge is 0.484 e. The van der Waals surface area contributed by atoms with Crippen molar-refractivity contribution in [1.82, 2.24) is 4.90 Å².